The number of aromatic nitrogens is 1. The van der Waals surface area contributed by atoms with Crippen molar-refractivity contribution in [3.63, 3.8) is 0 Å². The fourth-order valence-corrected chi connectivity index (χ4v) is 2.85. The van der Waals surface area contributed by atoms with Gasteiger partial charge in [-0.1, -0.05) is 43.3 Å². The predicted octanol–water partition coefficient (Wildman–Crippen LogP) is 4.52. The van der Waals surface area contributed by atoms with Crippen LogP contribution in [-0.4, -0.2) is 18.0 Å². The Labute approximate surface area is 159 Å². The summed E-state index contributed by atoms with van der Waals surface area (Å²) in [5, 5.41) is 6.23. The number of ether oxygens (including phenoxy) is 1. The molecule has 2 N–H and O–H groups in total. The molecule has 1 aromatic heterocycles. The third-order valence-electron chi connectivity index (χ3n) is 4.32. The first kappa shape index (κ1) is 18.5. The zero-order valence-corrected chi connectivity index (χ0v) is 15.5. The van der Waals surface area contributed by atoms with Crippen molar-refractivity contribution >= 4 is 17.4 Å². The quantitative estimate of drug-likeness (QED) is 0.650. The summed E-state index contributed by atoms with van der Waals surface area (Å²) in [6.07, 6.45) is 2.49. The molecule has 2 aromatic carbocycles. The number of nitrogens with one attached hydrogen (secondary N) is 2. The van der Waals surface area contributed by atoms with Crippen molar-refractivity contribution in [2.24, 2.45) is 0 Å². The number of hydrogen-bond acceptors (Lipinski definition) is 4. The van der Waals surface area contributed by atoms with Gasteiger partial charge >= 0.3 is 0 Å². The van der Waals surface area contributed by atoms with Gasteiger partial charge < -0.3 is 15.4 Å². The van der Waals surface area contributed by atoms with Crippen molar-refractivity contribution in [1.82, 2.24) is 4.98 Å². The highest BCUT2D eigenvalue weighted by Crippen LogP contribution is 2.20. The maximum atomic E-state index is 12.6. The van der Waals surface area contributed by atoms with E-state index in [1.165, 1.54) is 0 Å². The van der Waals surface area contributed by atoms with E-state index in [9.17, 15) is 4.79 Å². The zero-order valence-electron chi connectivity index (χ0n) is 15.5. The van der Waals surface area contributed by atoms with E-state index in [4.69, 9.17) is 4.74 Å². The van der Waals surface area contributed by atoms with Gasteiger partial charge in [-0.15, -0.1) is 0 Å². The number of aryl methyl sites for hydroxylation is 1. The van der Waals surface area contributed by atoms with Crippen LogP contribution in [0.4, 0.5) is 11.5 Å². The number of para-hydroxylation sites is 2. The maximum Gasteiger partial charge on any atom is 0.255 e. The Balaban J connectivity index is 1.70. The van der Waals surface area contributed by atoms with E-state index >= 15 is 0 Å². The van der Waals surface area contributed by atoms with Crippen molar-refractivity contribution < 1.29 is 9.53 Å². The van der Waals surface area contributed by atoms with E-state index < -0.39 is 0 Å². The van der Waals surface area contributed by atoms with Gasteiger partial charge in [0.15, 0.2) is 0 Å². The first-order chi connectivity index (χ1) is 13.2. The molecular formula is C22H23N3O2. The third-order valence-corrected chi connectivity index (χ3v) is 4.32. The zero-order chi connectivity index (χ0) is 19.1. The number of nitrogens with zero attached hydrogens (tertiary/aromatic N) is 1. The van der Waals surface area contributed by atoms with Crippen LogP contribution in [0.2, 0.25) is 0 Å². The number of methoxy groups -OCH3 is 1. The predicted molar refractivity (Wildman–Crippen MR) is 108 cm³/mol. The molecule has 0 saturated heterocycles. The number of rotatable bonds is 7. The largest absolute Gasteiger partial charge is 0.496 e. The second-order valence-electron chi connectivity index (χ2n) is 6.06. The van der Waals surface area contributed by atoms with Crippen LogP contribution in [0.1, 0.15) is 28.4 Å². The number of amides is 1. The molecule has 0 unspecified atom stereocenters. The topological polar surface area (TPSA) is 63.2 Å². The fraction of sp³-hybridized carbons (Fsp3) is 0.182. The Morgan fingerprint density at radius 2 is 1.78 bits per heavy atom. The molecule has 5 nitrogen and oxygen atoms in total. The van der Waals surface area contributed by atoms with E-state index in [1.54, 1.807) is 25.4 Å². The molecule has 5 heteroatoms. The Hall–Kier alpha value is -3.34. The summed E-state index contributed by atoms with van der Waals surface area (Å²) in [5.74, 6) is 1.30. The Bertz CT molecular complexity index is 925. The minimum Gasteiger partial charge on any atom is -0.496 e. The molecule has 3 aromatic rings. The number of carbonyl (C=O) groups is 1. The third kappa shape index (κ3) is 4.64. The molecule has 1 heterocycles. The summed E-state index contributed by atoms with van der Waals surface area (Å²) >= 11 is 0. The number of anilines is 2. The van der Waals surface area contributed by atoms with Gasteiger partial charge in [-0.3, -0.25) is 4.79 Å². The number of carbonyl (C=O) groups excluding carboxylic acids is 1. The SMILES string of the molecule is CCc1ccccc1NC(=O)c1ccnc(NCc2ccccc2OC)c1. The van der Waals surface area contributed by atoms with Gasteiger partial charge in [0.05, 0.1) is 7.11 Å². The first-order valence-electron chi connectivity index (χ1n) is 8.92. The highest BCUT2D eigenvalue weighted by Gasteiger charge is 2.10. The van der Waals surface area contributed by atoms with E-state index in [2.05, 4.69) is 22.5 Å². The van der Waals surface area contributed by atoms with Crippen LogP contribution in [-0.2, 0) is 13.0 Å². The minimum absolute atomic E-state index is 0.154. The number of pyridine rings is 1. The molecule has 0 atom stereocenters. The van der Waals surface area contributed by atoms with Gasteiger partial charge in [-0.05, 0) is 36.2 Å². The highest BCUT2D eigenvalue weighted by atomic mass is 16.5. The molecule has 0 aliphatic heterocycles. The van der Waals surface area contributed by atoms with Gasteiger partial charge in [-0.25, -0.2) is 4.98 Å². The van der Waals surface area contributed by atoms with Crippen molar-refractivity contribution in [2.75, 3.05) is 17.7 Å². The average molecular weight is 361 g/mol. The molecule has 0 spiro atoms. The highest BCUT2D eigenvalue weighted by molar-refractivity contribution is 6.05. The maximum absolute atomic E-state index is 12.6. The monoisotopic (exact) mass is 361 g/mol. The van der Waals surface area contributed by atoms with Crippen LogP contribution in [0.5, 0.6) is 5.75 Å². The minimum atomic E-state index is -0.154. The van der Waals surface area contributed by atoms with Gasteiger partial charge in [0.25, 0.3) is 5.91 Å². The van der Waals surface area contributed by atoms with Crippen LogP contribution in [0.3, 0.4) is 0 Å². The Morgan fingerprint density at radius 1 is 1.04 bits per heavy atom. The lowest BCUT2D eigenvalue weighted by Crippen LogP contribution is -2.14. The summed E-state index contributed by atoms with van der Waals surface area (Å²) < 4.78 is 5.36. The van der Waals surface area contributed by atoms with Crippen molar-refractivity contribution in [1.29, 1.82) is 0 Å². The smallest absolute Gasteiger partial charge is 0.255 e. The molecule has 138 valence electrons. The molecule has 1 amide bonds. The summed E-state index contributed by atoms with van der Waals surface area (Å²) in [6.45, 7) is 2.62. The van der Waals surface area contributed by atoms with Crippen molar-refractivity contribution in [3.05, 3.63) is 83.6 Å². The second kappa shape index (κ2) is 8.85. The van der Waals surface area contributed by atoms with Gasteiger partial charge in [0.2, 0.25) is 0 Å². The Kier molecular flexibility index (Phi) is 6.05. The fourth-order valence-electron chi connectivity index (χ4n) is 2.85. The molecular weight excluding hydrogens is 338 g/mol. The lowest BCUT2D eigenvalue weighted by Gasteiger charge is -2.12. The summed E-state index contributed by atoms with van der Waals surface area (Å²) in [6, 6.07) is 19.1. The molecule has 0 bridgehead atoms. The van der Waals surface area contributed by atoms with Crippen LogP contribution >= 0.6 is 0 Å². The lowest BCUT2D eigenvalue weighted by molar-refractivity contribution is 0.102. The molecule has 0 aliphatic carbocycles. The van der Waals surface area contributed by atoms with Crippen molar-refractivity contribution in [3.8, 4) is 5.75 Å². The molecule has 27 heavy (non-hydrogen) atoms. The molecule has 0 radical (unpaired) electrons. The normalized spacial score (nSPS) is 10.3. The molecule has 0 aliphatic rings. The number of benzene rings is 2. The second-order valence-corrected chi connectivity index (χ2v) is 6.06. The average Bonchev–Trinajstić information content (AvgIpc) is 2.73. The standard InChI is InChI=1S/C22H23N3O2/c1-3-16-8-4-6-10-19(16)25-22(26)17-12-13-23-21(14-17)24-15-18-9-5-7-11-20(18)27-2/h4-14H,3,15H2,1-2H3,(H,23,24)(H,25,26). The van der Waals surface area contributed by atoms with E-state index in [0.717, 1.165) is 29.0 Å². The molecule has 0 fully saturated rings. The van der Waals surface area contributed by atoms with Gasteiger partial charge in [0.1, 0.15) is 11.6 Å². The van der Waals surface area contributed by atoms with Gasteiger partial charge in [-0.2, -0.15) is 0 Å². The molecule has 0 saturated carbocycles. The van der Waals surface area contributed by atoms with E-state index in [-0.39, 0.29) is 5.91 Å². The number of hydrogen-bond donors (Lipinski definition) is 2. The van der Waals surface area contributed by atoms with Crippen LogP contribution in [0, 0.1) is 0 Å². The van der Waals surface area contributed by atoms with E-state index in [1.807, 2.05) is 48.5 Å². The van der Waals surface area contributed by atoms with Crippen LogP contribution in [0.15, 0.2) is 66.9 Å². The molecule has 3 rings (SSSR count). The lowest BCUT2D eigenvalue weighted by atomic mass is 10.1. The van der Waals surface area contributed by atoms with Crippen molar-refractivity contribution in [2.45, 2.75) is 19.9 Å². The van der Waals surface area contributed by atoms with E-state index in [0.29, 0.717) is 17.9 Å². The van der Waals surface area contributed by atoms with Crippen LogP contribution in [0.25, 0.3) is 0 Å². The summed E-state index contributed by atoms with van der Waals surface area (Å²) in [7, 11) is 1.65. The summed E-state index contributed by atoms with van der Waals surface area (Å²) in [4.78, 5) is 16.9. The first-order valence-corrected chi connectivity index (χ1v) is 8.92. The van der Waals surface area contributed by atoms with Crippen LogP contribution < -0.4 is 15.4 Å². The Morgan fingerprint density at radius 3 is 2.56 bits per heavy atom. The van der Waals surface area contributed by atoms with Gasteiger partial charge in [0, 0.05) is 29.6 Å². The summed E-state index contributed by atoms with van der Waals surface area (Å²) in [5.41, 5.74) is 3.52.